The van der Waals surface area contributed by atoms with E-state index in [4.69, 9.17) is 19.5 Å². The molecule has 1 radical (unpaired) electrons. The quantitative estimate of drug-likeness (QED) is 0.123. The zero-order valence-electron chi connectivity index (χ0n) is 39.6. The Labute approximate surface area is 336 Å². The maximum absolute atomic E-state index is 8.84. The van der Waals surface area contributed by atoms with Gasteiger partial charge in [-0.15, -0.1) is 59.7 Å². The van der Waals surface area contributed by atoms with E-state index in [1.54, 1.807) is 18.2 Å². The average molecular weight is 884 g/mol. The zero-order chi connectivity index (χ0) is 44.8. The van der Waals surface area contributed by atoms with Crippen LogP contribution in [0, 0.1) is 32.7 Å². The molecule has 4 aromatic carbocycles. The molecule has 0 bridgehead atoms. The molecule has 7 heteroatoms. The van der Waals surface area contributed by atoms with Crippen LogP contribution in [0.25, 0.3) is 55.8 Å². The molecule has 8 rings (SSSR count). The van der Waals surface area contributed by atoms with Crippen molar-refractivity contribution in [1.82, 2.24) is 19.9 Å². The van der Waals surface area contributed by atoms with Gasteiger partial charge in [-0.3, -0.25) is 0 Å². The van der Waals surface area contributed by atoms with Crippen LogP contribution in [0.15, 0.2) is 126 Å². The Kier molecular flexibility index (Phi) is 7.53. The first-order chi connectivity index (χ1) is 29.0. The molecule has 4 heterocycles. The van der Waals surface area contributed by atoms with E-state index in [1.807, 2.05) is 85.1 Å². The van der Waals surface area contributed by atoms with Crippen LogP contribution in [-0.4, -0.2) is 28.0 Å². The molecule has 0 fully saturated rings. The molecule has 0 aliphatic rings. The molecule has 0 saturated heterocycles. The van der Waals surface area contributed by atoms with Gasteiger partial charge in [-0.25, -0.2) is 9.97 Å². The number of aromatic nitrogens is 4. The minimum atomic E-state index is -2.82. The molecule has 0 atom stereocenters. The smallest absolute Gasteiger partial charge is 0.235 e. The van der Waals surface area contributed by atoms with E-state index in [0.29, 0.717) is 33.3 Å². The van der Waals surface area contributed by atoms with Gasteiger partial charge in [0, 0.05) is 53.1 Å². The molecule has 0 aliphatic heterocycles. The minimum Gasteiger partial charge on any atom is -0.485 e. The summed E-state index contributed by atoms with van der Waals surface area (Å²) in [5, 5.41) is 1.42. The standard InChI is InChI=1S/C24H18N3O.C21H22NSi.Ir/c1-14-11-21(25-13-20(14)17-7-5-4-6-8-17)18-9-10-22-19(12-18)23-24(28-22)27-16(3)15(2)26-23;1-23(2,3)21-16-22-20(18-12-8-5-9-13-18)15-19(21)14-17-10-6-4-7-11-17;/h4-8,10-13H,1-3H3;4-12,15-16H,14H2,1-3H3;/q2*-1;/i1D3,2D3,3D3;14D2;. The van der Waals surface area contributed by atoms with Crippen LogP contribution >= 0.6 is 0 Å². The second-order valence-electron chi connectivity index (χ2n) is 12.9. The van der Waals surface area contributed by atoms with Crippen LogP contribution in [0.5, 0.6) is 0 Å². The number of pyridine rings is 2. The van der Waals surface area contributed by atoms with Crippen LogP contribution < -0.4 is 5.19 Å². The molecule has 0 spiro atoms. The van der Waals surface area contributed by atoms with Crippen LogP contribution in [-0.2, 0) is 26.5 Å². The topological polar surface area (TPSA) is 64.7 Å². The fourth-order valence-electron chi connectivity index (χ4n) is 5.65. The first kappa shape index (κ1) is 25.0. The van der Waals surface area contributed by atoms with Crippen molar-refractivity contribution in [2.45, 2.75) is 46.6 Å². The number of aryl methyl sites for hydroxylation is 3. The first-order valence-electron chi connectivity index (χ1n) is 21.8. The molecule has 0 saturated carbocycles. The Morgan fingerprint density at radius 1 is 0.750 bits per heavy atom. The summed E-state index contributed by atoms with van der Waals surface area (Å²) in [5.74, 6) is 0. The predicted molar refractivity (Wildman–Crippen MR) is 212 cm³/mol. The van der Waals surface area contributed by atoms with E-state index >= 15 is 0 Å². The summed E-state index contributed by atoms with van der Waals surface area (Å²) in [6, 6.07) is 38.7. The van der Waals surface area contributed by atoms with Gasteiger partial charge < -0.3 is 14.4 Å². The van der Waals surface area contributed by atoms with E-state index < -0.39 is 46.4 Å². The summed E-state index contributed by atoms with van der Waals surface area (Å²) in [6.45, 7) is -1.37. The van der Waals surface area contributed by atoms with Gasteiger partial charge in [0.25, 0.3) is 0 Å². The molecule has 0 unspecified atom stereocenters. The summed E-state index contributed by atoms with van der Waals surface area (Å²) < 4.78 is 93.8. The monoisotopic (exact) mass is 884 g/mol. The molecule has 261 valence electrons. The van der Waals surface area contributed by atoms with E-state index in [0.717, 1.165) is 22.0 Å². The van der Waals surface area contributed by atoms with Gasteiger partial charge in [-0.05, 0) is 65.6 Å². The van der Waals surface area contributed by atoms with Crippen molar-refractivity contribution in [1.29, 1.82) is 0 Å². The van der Waals surface area contributed by atoms with Gasteiger partial charge >= 0.3 is 0 Å². The molecule has 5 nitrogen and oxygen atoms in total. The summed E-state index contributed by atoms with van der Waals surface area (Å²) in [7, 11) is -1.76. The Bertz CT molecular complexity index is 2880. The normalized spacial score (nSPS) is 15.3. The second kappa shape index (κ2) is 15.7. The summed E-state index contributed by atoms with van der Waals surface area (Å²) in [6.07, 6.45) is 1.80. The predicted octanol–water partition coefficient (Wildman–Crippen LogP) is 10.5. The molecule has 8 aromatic rings. The van der Waals surface area contributed by atoms with Crippen molar-refractivity contribution >= 4 is 35.5 Å². The summed E-state index contributed by atoms with van der Waals surface area (Å²) in [5.41, 5.74) is 4.00. The van der Waals surface area contributed by atoms with Crippen LogP contribution in [0.2, 0.25) is 19.6 Å². The zero-order valence-corrected chi connectivity index (χ0v) is 32.0. The van der Waals surface area contributed by atoms with Crippen molar-refractivity contribution in [3.8, 4) is 33.6 Å². The van der Waals surface area contributed by atoms with Crippen LogP contribution in [0.1, 0.15) is 43.2 Å². The largest absolute Gasteiger partial charge is 0.485 e. The molecule has 52 heavy (non-hydrogen) atoms. The van der Waals surface area contributed by atoms with Crippen LogP contribution in [0.3, 0.4) is 0 Å². The maximum atomic E-state index is 8.84. The van der Waals surface area contributed by atoms with E-state index in [1.165, 1.54) is 18.3 Å². The molecule has 0 N–H and O–H groups in total. The molecular formula is C45H40IrN4OSi-2. The molecule has 4 aromatic heterocycles. The number of benzene rings is 4. The number of nitrogens with zero attached hydrogens (tertiary/aromatic N) is 4. The van der Waals surface area contributed by atoms with Gasteiger partial charge in [0.2, 0.25) is 5.71 Å². The van der Waals surface area contributed by atoms with Gasteiger partial charge in [0.1, 0.15) is 5.52 Å². The summed E-state index contributed by atoms with van der Waals surface area (Å²) >= 11 is 0. The molecular weight excluding hydrogens is 833 g/mol. The van der Waals surface area contributed by atoms with Gasteiger partial charge in [0.05, 0.1) is 25.0 Å². The van der Waals surface area contributed by atoms with Crippen molar-refractivity contribution in [3.05, 3.63) is 162 Å². The number of hydrogen-bond donors (Lipinski definition) is 0. The van der Waals surface area contributed by atoms with Crippen LogP contribution in [0.4, 0.5) is 0 Å². The first-order valence-corrected chi connectivity index (χ1v) is 19.8. The van der Waals surface area contributed by atoms with Crippen molar-refractivity contribution in [2.24, 2.45) is 0 Å². The van der Waals surface area contributed by atoms with Crippen molar-refractivity contribution in [3.63, 3.8) is 0 Å². The van der Waals surface area contributed by atoms with Gasteiger partial charge in [-0.1, -0.05) is 98.0 Å². The Hall–Kier alpha value is -5.07. The summed E-state index contributed by atoms with van der Waals surface area (Å²) in [4.78, 5) is 17.2. The third-order valence-electron chi connectivity index (χ3n) is 8.25. The number of furan rings is 1. The van der Waals surface area contributed by atoms with E-state index in [2.05, 4.69) is 51.7 Å². The Balaban J connectivity index is 0.000000222. The van der Waals surface area contributed by atoms with E-state index in [-0.39, 0.29) is 42.5 Å². The maximum Gasteiger partial charge on any atom is 0.235 e. The molecule has 0 amide bonds. The number of rotatable bonds is 6. The molecule has 0 aliphatic carbocycles. The number of hydrogen-bond acceptors (Lipinski definition) is 5. The number of fused-ring (bicyclic) bond motifs is 3. The average Bonchev–Trinajstić information content (AvgIpc) is 3.60. The van der Waals surface area contributed by atoms with Gasteiger partial charge in [0.15, 0.2) is 0 Å². The third-order valence-corrected chi connectivity index (χ3v) is 10.3. The SMILES string of the molecule is [2H]C([2H])([2H])c1cc(-c2[c-]cc3oc4nc(C([2H])([2H])[2H])c(C([2H])([2H])[2H])nc4c3c2)ncc1-c1ccccc1.[2H]C([2H])(c1ccccc1)c1cc(-c2[c-]cccc2)ncc1[Si](C)(C)C.[Ir]. The fraction of sp³-hybridized carbons (Fsp3) is 0.156. The fourth-order valence-corrected chi connectivity index (χ4v) is 7.04. The minimum absolute atomic E-state index is 0. The third kappa shape index (κ3) is 8.03. The Morgan fingerprint density at radius 3 is 2.17 bits per heavy atom. The second-order valence-corrected chi connectivity index (χ2v) is 18.0. The van der Waals surface area contributed by atoms with Gasteiger partial charge in [-0.2, -0.15) is 0 Å². The van der Waals surface area contributed by atoms with E-state index in [9.17, 15) is 0 Å². The van der Waals surface area contributed by atoms with Crippen molar-refractivity contribution in [2.75, 3.05) is 0 Å². The Morgan fingerprint density at radius 2 is 1.46 bits per heavy atom. The van der Waals surface area contributed by atoms with Crippen molar-refractivity contribution < 1.29 is 39.6 Å².